The minimum Gasteiger partial charge on any atom is -0.351 e. The lowest BCUT2D eigenvalue weighted by molar-refractivity contribution is -0.123. The number of nitrogens with one attached hydrogen (secondary N) is 1. The number of carbonyl (C=O) groups excluding carboxylic acids is 1. The molecule has 3 nitrogen and oxygen atoms in total. The van der Waals surface area contributed by atoms with Crippen LogP contribution in [0.15, 0.2) is 0 Å². The van der Waals surface area contributed by atoms with Crippen molar-refractivity contribution in [3.8, 4) is 0 Å². The first-order chi connectivity index (χ1) is 5.87. The van der Waals surface area contributed by atoms with Gasteiger partial charge in [0.05, 0.1) is 0 Å². The Hall–Kier alpha value is -0.570. The van der Waals surface area contributed by atoms with E-state index in [4.69, 9.17) is 5.73 Å². The molecule has 0 aliphatic heterocycles. The first kappa shape index (κ1) is 12.4. The van der Waals surface area contributed by atoms with E-state index in [-0.39, 0.29) is 17.5 Å². The van der Waals surface area contributed by atoms with Gasteiger partial charge in [0.15, 0.2) is 0 Å². The quantitative estimate of drug-likeness (QED) is 0.682. The summed E-state index contributed by atoms with van der Waals surface area (Å²) in [7, 11) is 0. The molecule has 0 saturated carbocycles. The van der Waals surface area contributed by atoms with Crippen molar-refractivity contribution in [1.29, 1.82) is 0 Å². The van der Waals surface area contributed by atoms with Gasteiger partial charge in [-0.3, -0.25) is 4.79 Å². The fourth-order valence-corrected chi connectivity index (χ4v) is 1.41. The highest BCUT2D eigenvalue weighted by Crippen LogP contribution is 2.10. The lowest BCUT2D eigenvalue weighted by Gasteiger charge is -2.26. The normalized spacial score (nSPS) is 13.9. The molecule has 1 atom stereocenters. The van der Waals surface area contributed by atoms with Crippen LogP contribution >= 0.6 is 0 Å². The van der Waals surface area contributed by atoms with Gasteiger partial charge in [-0.2, -0.15) is 0 Å². The maximum absolute atomic E-state index is 11.4. The fraction of sp³-hybridized carbons (Fsp3) is 0.900. The zero-order valence-electron chi connectivity index (χ0n) is 9.18. The smallest absolute Gasteiger partial charge is 0.221 e. The zero-order chi connectivity index (χ0) is 10.5. The molecule has 0 saturated heterocycles. The number of hydrogen-bond acceptors (Lipinski definition) is 2. The van der Waals surface area contributed by atoms with Gasteiger partial charge in [0.1, 0.15) is 0 Å². The summed E-state index contributed by atoms with van der Waals surface area (Å²) in [5.74, 6) is 0.0495. The number of rotatable bonds is 5. The van der Waals surface area contributed by atoms with E-state index in [1.54, 1.807) is 0 Å². The Morgan fingerprint density at radius 2 is 2.08 bits per heavy atom. The molecule has 0 aliphatic carbocycles. The lowest BCUT2D eigenvalue weighted by atomic mass is 9.98. The fourth-order valence-electron chi connectivity index (χ4n) is 1.41. The molecule has 0 radical (unpaired) electrons. The molecule has 78 valence electrons. The van der Waals surface area contributed by atoms with E-state index >= 15 is 0 Å². The monoisotopic (exact) mass is 186 g/mol. The summed E-state index contributed by atoms with van der Waals surface area (Å²) in [4.78, 5) is 11.4. The molecule has 0 aliphatic rings. The standard InChI is InChI=1S/C10H22N2O/c1-5-6-10(3,4)12-9(13)7-8(2)11/h8H,5-7,11H2,1-4H3,(H,12,13). The predicted octanol–water partition coefficient (Wildman–Crippen LogP) is 1.42. The predicted molar refractivity (Wildman–Crippen MR) is 55.4 cm³/mol. The molecule has 0 rings (SSSR count). The van der Waals surface area contributed by atoms with Gasteiger partial charge in [0.2, 0.25) is 5.91 Å². The number of nitrogens with two attached hydrogens (primary N) is 1. The van der Waals surface area contributed by atoms with Gasteiger partial charge >= 0.3 is 0 Å². The van der Waals surface area contributed by atoms with Gasteiger partial charge < -0.3 is 11.1 Å². The van der Waals surface area contributed by atoms with Crippen molar-refractivity contribution in [3.05, 3.63) is 0 Å². The molecule has 3 heteroatoms. The summed E-state index contributed by atoms with van der Waals surface area (Å²) in [5.41, 5.74) is 5.43. The summed E-state index contributed by atoms with van der Waals surface area (Å²) in [6, 6.07) is -0.0579. The molecule has 13 heavy (non-hydrogen) atoms. The number of carbonyl (C=O) groups is 1. The van der Waals surface area contributed by atoms with Crippen LogP contribution in [0.4, 0.5) is 0 Å². The molecule has 1 unspecified atom stereocenters. The zero-order valence-corrected chi connectivity index (χ0v) is 9.18. The van der Waals surface area contributed by atoms with Crippen LogP contribution in [0.5, 0.6) is 0 Å². The van der Waals surface area contributed by atoms with E-state index in [2.05, 4.69) is 12.2 Å². The van der Waals surface area contributed by atoms with E-state index in [1.165, 1.54) is 0 Å². The molecule has 1 amide bonds. The summed E-state index contributed by atoms with van der Waals surface area (Å²) >= 11 is 0. The Bertz CT molecular complexity index is 164. The van der Waals surface area contributed by atoms with Crippen molar-refractivity contribution in [3.63, 3.8) is 0 Å². The van der Waals surface area contributed by atoms with Gasteiger partial charge in [-0.25, -0.2) is 0 Å². The minimum absolute atomic E-state index is 0.0495. The molecule has 0 aromatic heterocycles. The van der Waals surface area contributed by atoms with E-state index in [1.807, 2.05) is 20.8 Å². The first-order valence-electron chi connectivity index (χ1n) is 4.94. The van der Waals surface area contributed by atoms with E-state index in [9.17, 15) is 4.79 Å². The van der Waals surface area contributed by atoms with Gasteiger partial charge in [-0.15, -0.1) is 0 Å². The van der Waals surface area contributed by atoms with Crippen molar-refractivity contribution in [1.82, 2.24) is 5.32 Å². The lowest BCUT2D eigenvalue weighted by Crippen LogP contribution is -2.44. The largest absolute Gasteiger partial charge is 0.351 e. The molecular weight excluding hydrogens is 164 g/mol. The second-order valence-corrected chi connectivity index (χ2v) is 4.36. The highest BCUT2D eigenvalue weighted by atomic mass is 16.1. The summed E-state index contributed by atoms with van der Waals surface area (Å²) in [6.45, 7) is 8.02. The Balaban J connectivity index is 3.89. The van der Waals surface area contributed by atoms with Crippen molar-refractivity contribution in [2.75, 3.05) is 0 Å². The average Bonchev–Trinajstić information content (AvgIpc) is 1.81. The summed E-state index contributed by atoms with van der Waals surface area (Å²) in [5, 5.41) is 2.97. The van der Waals surface area contributed by atoms with Crippen molar-refractivity contribution < 1.29 is 4.79 Å². The van der Waals surface area contributed by atoms with Crippen LogP contribution in [0.25, 0.3) is 0 Å². The first-order valence-corrected chi connectivity index (χ1v) is 4.94. The van der Waals surface area contributed by atoms with E-state index in [0.717, 1.165) is 12.8 Å². The van der Waals surface area contributed by atoms with Gasteiger partial charge in [-0.05, 0) is 27.2 Å². The van der Waals surface area contributed by atoms with Crippen LogP contribution in [0.3, 0.4) is 0 Å². The Morgan fingerprint density at radius 1 is 1.54 bits per heavy atom. The minimum atomic E-state index is -0.0965. The van der Waals surface area contributed by atoms with Crippen LogP contribution in [-0.4, -0.2) is 17.5 Å². The third-order valence-electron chi connectivity index (χ3n) is 1.86. The summed E-state index contributed by atoms with van der Waals surface area (Å²) < 4.78 is 0. The molecule has 0 aromatic carbocycles. The number of hydrogen-bond donors (Lipinski definition) is 2. The Labute approximate surface area is 81.1 Å². The Kier molecular flexibility index (Phi) is 4.99. The van der Waals surface area contributed by atoms with Crippen LogP contribution in [0.2, 0.25) is 0 Å². The maximum Gasteiger partial charge on any atom is 0.221 e. The molecule has 3 N–H and O–H groups in total. The molecule has 0 heterocycles. The van der Waals surface area contributed by atoms with Crippen molar-refractivity contribution in [2.24, 2.45) is 5.73 Å². The van der Waals surface area contributed by atoms with Crippen LogP contribution in [0, 0.1) is 0 Å². The second kappa shape index (κ2) is 5.22. The second-order valence-electron chi connectivity index (χ2n) is 4.36. The summed E-state index contributed by atoms with van der Waals surface area (Å²) in [6.07, 6.45) is 2.48. The third kappa shape index (κ3) is 6.58. The molecular formula is C10H22N2O. The third-order valence-corrected chi connectivity index (χ3v) is 1.86. The van der Waals surface area contributed by atoms with E-state index < -0.39 is 0 Å². The van der Waals surface area contributed by atoms with Crippen molar-refractivity contribution >= 4 is 5.91 Å². The van der Waals surface area contributed by atoms with Crippen LogP contribution in [-0.2, 0) is 4.79 Å². The van der Waals surface area contributed by atoms with Crippen molar-refractivity contribution in [2.45, 2.75) is 58.5 Å². The highest BCUT2D eigenvalue weighted by Gasteiger charge is 2.19. The molecule has 0 fully saturated rings. The maximum atomic E-state index is 11.4. The van der Waals surface area contributed by atoms with Crippen LogP contribution in [0.1, 0.15) is 47.0 Å². The van der Waals surface area contributed by atoms with Crippen LogP contribution < -0.4 is 11.1 Å². The highest BCUT2D eigenvalue weighted by molar-refractivity contribution is 5.77. The average molecular weight is 186 g/mol. The number of amides is 1. The Morgan fingerprint density at radius 3 is 2.46 bits per heavy atom. The SMILES string of the molecule is CCCC(C)(C)NC(=O)CC(C)N. The topological polar surface area (TPSA) is 55.1 Å². The van der Waals surface area contributed by atoms with Gasteiger partial charge in [0, 0.05) is 18.0 Å². The van der Waals surface area contributed by atoms with E-state index in [0.29, 0.717) is 6.42 Å². The molecule has 0 bridgehead atoms. The van der Waals surface area contributed by atoms with Gasteiger partial charge in [-0.1, -0.05) is 13.3 Å². The van der Waals surface area contributed by atoms with Gasteiger partial charge in [0.25, 0.3) is 0 Å². The molecule has 0 aromatic rings. The molecule has 0 spiro atoms.